The molecule has 0 aliphatic carbocycles. The fourth-order valence-electron chi connectivity index (χ4n) is 2.53. The maximum absolute atomic E-state index is 12.3. The Morgan fingerprint density at radius 2 is 1.59 bits per heavy atom. The first-order chi connectivity index (χ1) is 15.4. The maximum atomic E-state index is 12.3. The highest BCUT2D eigenvalue weighted by Gasteiger charge is 2.12. The zero-order valence-corrected chi connectivity index (χ0v) is 20.3. The molecule has 0 aliphatic heterocycles. The SMILES string of the molecule is O=C(CNC(=O)c1ccccc1Br)N/N=C/c1ccc(OC(=O)c2ccccc2I)cc1. The fraction of sp³-hybridized carbons (Fsp3) is 0.0435. The first-order valence-corrected chi connectivity index (χ1v) is 11.2. The van der Waals surface area contributed by atoms with E-state index in [1.54, 1.807) is 60.7 Å². The highest BCUT2D eigenvalue weighted by Crippen LogP contribution is 2.17. The third-order valence-electron chi connectivity index (χ3n) is 4.12. The van der Waals surface area contributed by atoms with E-state index in [4.69, 9.17) is 4.74 Å². The molecule has 0 atom stereocenters. The number of halogens is 2. The van der Waals surface area contributed by atoms with E-state index in [-0.39, 0.29) is 12.5 Å². The number of nitrogens with one attached hydrogen (secondary N) is 2. The Bertz CT molecular complexity index is 1170. The molecule has 3 aromatic rings. The first kappa shape index (κ1) is 23.6. The van der Waals surface area contributed by atoms with Gasteiger partial charge in [0.1, 0.15) is 5.75 Å². The lowest BCUT2D eigenvalue weighted by atomic mass is 10.2. The molecule has 0 fully saturated rings. The molecule has 0 radical (unpaired) electrons. The van der Waals surface area contributed by atoms with Crippen LogP contribution in [0.25, 0.3) is 0 Å². The smallest absolute Gasteiger partial charge is 0.344 e. The molecule has 7 nitrogen and oxygen atoms in total. The van der Waals surface area contributed by atoms with Crippen molar-refractivity contribution in [2.24, 2.45) is 5.10 Å². The van der Waals surface area contributed by atoms with Gasteiger partial charge in [0.05, 0.1) is 23.9 Å². The van der Waals surface area contributed by atoms with Crippen molar-refractivity contribution in [3.8, 4) is 5.75 Å². The first-order valence-electron chi connectivity index (χ1n) is 9.35. The minimum atomic E-state index is -0.468. The Labute approximate surface area is 206 Å². The predicted molar refractivity (Wildman–Crippen MR) is 133 cm³/mol. The van der Waals surface area contributed by atoms with Crippen LogP contribution >= 0.6 is 38.5 Å². The Balaban J connectivity index is 1.47. The minimum absolute atomic E-state index is 0.218. The summed E-state index contributed by atoms with van der Waals surface area (Å²) in [4.78, 5) is 36.2. The van der Waals surface area contributed by atoms with E-state index in [9.17, 15) is 14.4 Å². The standard InChI is InChI=1S/C23H17BrIN3O4/c24-19-7-3-1-5-17(19)22(30)26-14-21(29)28-27-13-15-9-11-16(12-10-15)32-23(31)18-6-2-4-8-20(18)25/h1-13H,14H2,(H,26,30)(H,28,29)/b27-13+. The topological polar surface area (TPSA) is 96.9 Å². The summed E-state index contributed by atoms with van der Waals surface area (Å²) in [7, 11) is 0. The van der Waals surface area contributed by atoms with Crippen LogP contribution in [0.3, 0.4) is 0 Å². The van der Waals surface area contributed by atoms with Crippen LogP contribution in [0.2, 0.25) is 0 Å². The minimum Gasteiger partial charge on any atom is -0.423 e. The normalized spacial score (nSPS) is 10.6. The molecule has 0 heterocycles. The summed E-state index contributed by atoms with van der Waals surface area (Å²) in [6, 6.07) is 20.7. The molecular formula is C23H17BrIN3O4. The molecular weight excluding hydrogens is 589 g/mol. The van der Waals surface area contributed by atoms with Crippen molar-refractivity contribution in [3.05, 3.63) is 97.5 Å². The Morgan fingerprint density at radius 3 is 2.28 bits per heavy atom. The lowest BCUT2D eigenvalue weighted by Gasteiger charge is -2.06. The van der Waals surface area contributed by atoms with Gasteiger partial charge in [0.15, 0.2) is 0 Å². The third-order valence-corrected chi connectivity index (χ3v) is 5.75. The van der Waals surface area contributed by atoms with Gasteiger partial charge in [-0.2, -0.15) is 5.10 Å². The second kappa shape index (κ2) is 11.5. The summed E-state index contributed by atoms with van der Waals surface area (Å²) in [5.74, 6) is -0.879. The van der Waals surface area contributed by atoms with E-state index in [1.807, 2.05) is 12.1 Å². The fourth-order valence-corrected chi connectivity index (χ4v) is 3.60. The molecule has 0 aromatic heterocycles. The second-order valence-corrected chi connectivity index (χ2v) is 8.41. The molecule has 162 valence electrons. The van der Waals surface area contributed by atoms with Gasteiger partial charge < -0.3 is 10.1 Å². The van der Waals surface area contributed by atoms with E-state index in [0.717, 1.165) is 3.57 Å². The summed E-state index contributed by atoms with van der Waals surface area (Å²) in [5, 5.41) is 6.39. The molecule has 0 bridgehead atoms. The largest absolute Gasteiger partial charge is 0.423 e. The average Bonchev–Trinajstić information content (AvgIpc) is 2.79. The van der Waals surface area contributed by atoms with Crippen LogP contribution in [0.1, 0.15) is 26.3 Å². The van der Waals surface area contributed by atoms with Gasteiger partial charge in [0.2, 0.25) is 0 Å². The molecule has 0 aliphatic rings. The average molecular weight is 606 g/mol. The van der Waals surface area contributed by atoms with Crippen LogP contribution in [0.4, 0.5) is 0 Å². The van der Waals surface area contributed by atoms with Crippen molar-refractivity contribution in [2.75, 3.05) is 6.54 Å². The molecule has 32 heavy (non-hydrogen) atoms. The van der Waals surface area contributed by atoms with Gasteiger partial charge in [-0.05, 0) is 92.6 Å². The molecule has 0 saturated carbocycles. The monoisotopic (exact) mass is 605 g/mol. The highest BCUT2D eigenvalue weighted by molar-refractivity contribution is 14.1. The van der Waals surface area contributed by atoms with Gasteiger partial charge in [0.25, 0.3) is 11.8 Å². The van der Waals surface area contributed by atoms with Crippen molar-refractivity contribution in [2.45, 2.75) is 0 Å². The summed E-state index contributed by atoms with van der Waals surface area (Å²) in [6.07, 6.45) is 1.44. The molecule has 2 N–H and O–H groups in total. The van der Waals surface area contributed by atoms with E-state index in [1.165, 1.54) is 6.21 Å². The van der Waals surface area contributed by atoms with Gasteiger partial charge in [-0.1, -0.05) is 24.3 Å². The van der Waals surface area contributed by atoms with Crippen molar-refractivity contribution in [1.29, 1.82) is 0 Å². The lowest BCUT2D eigenvalue weighted by Crippen LogP contribution is -2.35. The van der Waals surface area contributed by atoms with Gasteiger partial charge in [0, 0.05) is 8.04 Å². The Morgan fingerprint density at radius 1 is 0.938 bits per heavy atom. The van der Waals surface area contributed by atoms with Gasteiger partial charge in [-0.3, -0.25) is 9.59 Å². The summed E-state index contributed by atoms with van der Waals surface area (Å²) in [5.41, 5.74) is 3.97. The number of hydrogen-bond acceptors (Lipinski definition) is 5. The zero-order chi connectivity index (χ0) is 22.9. The highest BCUT2D eigenvalue weighted by atomic mass is 127. The number of esters is 1. The van der Waals surface area contributed by atoms with Crippen LogP contribution in [-0.4, -0.2) is 30.5 Å². The van der Waals surface area contributed by atoms with Crippen LogP contribution in [0, 0.1) is 3.57 Å². The van der Waals surface area contributed by atoms with Crippen LogP contribution < -0.4 is 15.5 Å². The number of rotatable bonds is 7. The Hall–Kier alpha value is -3.05. The second-order valence-electron chi connectivity index (χ2n) is 6.39. The van der Waals surface area contributed by atoms with Crippen LogP contribution in [0.5, 0.6) is 5.75 Å². The number of benzene rings is 3. The van der Waals surface area contributed by atoms with E-state index in [0.29, 0.717) is 26.9 Å². The molecule has 0 saturated heterocycles. The molecule has 0 unspecified atom stereocenters. The number of nitrogens with zero attached hydrogens (tertiary/aromatic N) is 1. The van der Waals surface area contributed by atoms with Crippen molar-refractivity contribution >= 4 is 62.5 Å². The summed E-state index contributed by atoms with van der Waals surface area (Å²) in [6.45, 7) is -0.218. The quantitative estimate of drug-likeness (QED) is 0.139. The van der Waals surface area contributed by atoms with Crippen LogP contribution in [0.15, 0.2) is 82.4 Å². The van der Waals surface area contributed by atoms with E-state index >= 15 is 0 Å². The summed E-state index contributed by atoms with van der Waals surface area (Å²) >= 11 is 5.37. The van der Waals surface area contributed by atoms with Crippen molar-refractivity contribution in [1.82, 2.24) is 10.7 Å². The van der Waals surface area contributed by atoms with Crippen LogP contribution in [-0.2, 0) is 4.79 Å². The lowest BCUT2D eigenvalue weighted by molar-refractivity contribution is -0.120. The number of carbonyl (C=O) groups excluding carboxylic acids is 3. The molecule has 0 spiro atoms. The number of carbonyl (C=O) groups is 3. The molecule has 3 aromatic carbocycles. The van der Waals surface area contributed by atoms with Gasteiger partial charge >= 0.3 is 5.97 Å². The van der Waals surface area contributed by atoms with E-state index in [2.05, 4.69) is 54.4 Å². The zero-order valence-electron chi connectivity index (χ0n) is 16.5. The third kappa shape index (κ3) is 6.72. The number of hydrazone groups is 1. The molecule has 2 amide bonds. The summed E-state index contributed by atoms with van der Waals surface area (Å²) < 4.78 is 6.83. The number of hydrogen-bond donors (Lipinski definition) is 2. The number of ether oxygens (including phenoxy) is 1. The van der Waals surface area contributed by atoms with Crippen molar-refractivity contribution in [3.63, 3.8) is 0 Å². The van der Waals surface area contributed by atoms with Gasteiger partial charge in [-0.15, -0.1) is 0 Å². The molecule has 3 rings (SSSR count). The molecule has 9 heteroatoms. The van der Waals surface area contributed by atoms with Crippen molar-refractivity contribution < 1.29 is 19.1 Å². The van der Waals surface area contributed by atoms with E-state index < -0.39 is 11.9 Å². The predicted octanol–water partition coefficient (Wildman–Crippen LogP) is 4.15. The Kier molecular flexibility index (Phi) is 8.51. The maximum Gasteiger partial charge on any atom is 0.344 e. The van der Waals surface area contributed by atoms with Gasteiger partial charge in [-0.25, -0.2) is 10.2 Å². The number of amides is 2.